The van der Waals surface area contributed by atoms with Gasteiger partial charge in [-0.2, -0.15) is 4.37 Å². The molecule has 0 amide bonds. The number of hydrogen-bond acceptors (Lipinski definition) is 5. The van der Waals surface area contributed by atoms with Crippen molar-refractivity contribution in [2.75, 3.05) is 18.0 Å². The van der Waals surface area contributed by atoms with E-state index >= 15 is 0 Å². The second-order valence-electron chi connectivity index (χ2n) is 6.54. The molecule has 1 aliphatic heterocycles. The molecule has 0 aliphatic carbocycles. The fourth-order valence-corrected chi connectivity index (χ4v) is 3.71. The van der Waals surface area contributed by atoms with Crippen LogP contribution in [0.2, 0.25) is 0 Å². The van der Waals surface area contributed by atoms with Gasteiger partial charge in [0.05, 0.1) is 6.04 Å². The van der Waals surface area contributed by atoms with Gasteiger partial charge in [-0.1, -0.05) is 45.0 Å². The topological polar surface area (TPSA) is 55.0 Å². The summed E-state index contributed by atoms with van der Waals surface area (Å²) >= 11 is 1.49. The standard InChI is InChI=1S/C16H22N4S/c1-16(2,3)14-18-15(21-19-14)20-9-8-11-6-4-5-7-12(11)13(20)10-17/h4-7,13H,8-10,17H2,1-3H3. The number of nitrogens with two attached hydrogens (primary N) is 1. The number of anilines is 1. The predicted molar refractivity (Wildman–Crippen MR) is 87.9 cm³/mol. The number of rotatable bonds is 2. The maximum Gasteiger partial charge on any atom is 0.205 e. The number of benzene rings is 1. The molecule has 0 saturated carbocycles. The summed E-state index contributed by atoms with van der Waals surface area (Å²) in [5.41, 5.74) is 8.78. The SMILES string of the molecule is CC(C)(C)c1nsc(N2CCc3ccccc3C2CN)n1. The molecule has 0 bridgehead atoms. The summed E-state index contributed by atoms with van der Waals surface area (Å²) in [7, 11) is 0. The average Bonchev–Trinajstić information content (AvgIpc) is 2.95. The second kappa shape index (κ2) is 5.39. The molecule has 112 valence electrons. The lowest BCUT2D eigenvalue weighted by molar-refractivity contribution is 0.548. The van der Waals surface area contributed by atoms with Crippen molar-refractivity contribution < 1.29 is 0 Å². The Labute approximate surface area is 130 Å². The molecule has 1 aromatic heterocycles. The van der Waals surface area contributed by atoms with Gasteiger partial charge < -0.3 is 10.6 Å². The van der Waals surface area contributed by atoms with Gasteiger partial charge in [-0.25, -0.2) is 4.98 Å². The maximum absolute atomic E-state index is 6.05. The second-order valence-corrected chi connectivity index (χ2v) is 7.27. The number of aromatic nitrogens is 2. The molecule has 1 atom stereocenters. The van der Waals surface area contributed by atoms with E-state index in [0.29, 0.717) is 6.54 Å². The van der Waals surface area contributed by atoms with Crippen molar-refractivity contribution in [2.45, 2.75) is 38.6 Å². The van der Waals surface area contributed by atoms with Crippen molar-refractivity contribution in [3.63, 3.8) is 0 Å². The summed E-state index contributed by atoms with van der Waals surface area (Å²) in [5.74, 6) is 0.914. The van der Waals surface area contributed by atoms with Crippen LogP contribution in [0.15, 0.2) is 24.3 Å². The largest absolute Gasteiger partial charge is 0.338 e. The van der Waals surface area contributed by atoms with Gasteiger partial charge in [0, 0.05) is 30.0 Å². The van der Waals surface area contributed by atoms with Crippen molar-refractivity contribution in [1.29, 1.82) is 0 Å². The van der Waals surface area contributed by atoms with E-state index in [0.717, 1.165) is 23.9 Å². The Hall–Kier alpha value is -1.46. The zero-order chi connectivity index (χ0) is 15.0. The van der Waals surface area contributed by atoms with Gasteiger partial charge >= 0.3 is 0 Å². The molecule has 0 fully saturated rings. The molecule has 1 unspecified atom stereocenters. The lowest BCUT2D eigenvalue weighted by Crippen LogP contribution is -2.39. The molecule has 5 heteroatoms. The zero-order valence-corrected chi connectivity index (χ0v) is 13.7. The Kier molecular flexibility index (Phi) is 3.71. The van der Waals surface area contributed by atoms with E-state index in [1.54, 1.807) is 0 Å². The van der Waals surface area contributed by atoms with Crippen LogP contribution in [0.1, 0.15) is 43.8 Å². The zero-order valence-electron chi connectivity index (χ0n) is 12.8. The van der Waals surface area contributed by atoms with Crippen molar-refractivity contribution in [1.82, 2.24) is 9.36 Å². The van der Waals surface area contributed by atoms with Crippen LogP contribution < -0.4 is 10.6 Å². The molecular formula is C16H22N4S. The molecule has 0 radical (unpaired) electrons. The lowest BCUT2D eigenvalue weighted by Gasteiger charge is -2.36. The molecule has 2 aromatic rings. The summed E-state index contributed by atoms with van der Waals surface area (Å²) < 4.78 is 4.54. The lowest BCUT2D eigenvalue weighted by atomic mass is 9.93. The van der Waals surface area contributed by atoms with Crippen molar-refractivity contribution >= 4 is 16.7 Å². The van der Waals surface area contributed by atoms with Crippen LogP contribution in [-0.4, -0.2) is 22.4 Å². The van der Waals surface area contributed by atoms with Gasteiger partial charge in [0.25, 0.3) is 0 Å². The third-order valence-corrected chi connectivity index (χ3v) is 4.72. The van der Waals surface area contributed by atoms with Gasteiger partial charge in [-0.15, -0.1) is 0 Å². The molecule has 1 aliphatic rings. The van der Waals surface area contributed by atoms with Crippen molar-refractivity contribution in [2.24, 2.45) is 5.73 Å². The van der Waals surface area contributed by atoms with Gasteiger partial charge in [0.1, 0.15) is 5.82 Å². The van der Waals surface area contributed by atoms with Gasteiger partial charge in [-0.3, -0.25) is 0 Å². The smallest absolute Gasteiger partial charge is 0.205 e. The summed E-state index contributed by atoms with van der Waals surface area (Å²) in [6.45, 7) is 7.99. The molecule has 2 N–H and O–H groups in total. The van der Waals surface area contributed by atoms with E-state index in [9.17, 15) is 0 Å². The summed E-state index contributed by atoms with van der Waals surface area (Å²) in [6.07, 6.45) is 1.04. The first-order chi connectivity index (χ1) is 10.0. The number of hydrogen-bond donors (Lipinski definition) is 1. The van der Waals surface area contributed by atoms with Crippen molar-refractivity contribution in [3.8, 4) is 0 Å². The molecular weight excluding hydrogens is 280 g/mol. The van der Waals surface area contributed by atoms with Gasteiger partial charge in [0.2, 0.25) is 5.13 Å². The van der Waals surface area contributed by atoms with Crippen LogP contribution >= 0.6 is 11.5 Å². The predicted octanol–water partition coefficient (Wildman–Crippen LogP) is 2.90. The van der Waals surface area contributed by atoms with Crippen LogP contribution in [0, 0.1) is 0 Å². The average molecular weight is 302 g/mol. The third kappa shape index (κ3) is 2.68. The first-order valence-electron chi connectivity index (χ1n) is 7.39. The summed E-state index contributed by atoms with van der Waals surface area (Å²) in [5, 5.41) is 0.991. The Morgan fingerprint density at radius 2 is 2.10 bits per heavy atom. The molecule has 2 heterocycles. The van der Waals surface area contributed by atoms with E-state index in [1.165, 1.54) is 22.7 Å². The first kappa shape index (κ1) is 14.5. The minimum Gasteiger partial charge on any atom is -0.338 e. The maximum atomic E-state index is 6.05. The normalized spacial score (nSPS) is 18.7. The van der Waals surface area contributed by atoms with Crippen LogP contribution in [-0.2, 0) is 11.8 Å². The highest BCUT2D eigenvalue weighted by atomic mass is 32.1. The minimum atomic E-state index is -0.0132. The third-order valence-electron chi connectivity index (χ3n) is 3.97. The highest BCUT2D eigenvalue weighted by molar-refractivity contribution is 7.09. The number of nitrogens with zero attached hydrogens (tertiary/aromatic N) is 3. The van der Waals surface area contributed by atoms with E-state index in [-0.39, 0.29) is 11.5 Å². The fraction of sp³-hybridized carbons (Fsp3) is 0.500. The van der Waals surface area contributed by atoms with E-state index in [2.05, 4.69) is 54.3 Å². The molecule has 0 spiro atoms. The Morgan fingerprint density at radius 1 is 1.33 bits per heavy atom. The first-order valence-corrected chi connectivity index (χ1v) is 8.17. The highest BCUT2D eigenvalue weighted by Crippen LogP contribution is 2.35. The van der Waals surface area contributed by atoms with Crippen LogP contribution in [0.3, 0.4) is 0 Å². The van der Waals surface area contributed by atoms with Crippen LogP contribution in [0.25, 0.3) is 0 Å². The monoisotopic (exact) mass is 302 g/mol. The summed E-state index contributed by atoms with van der Waals surface area (Å²) in [4.78, 5) is 7.07. The number of fused-ring (bicyclic) bond motifs is 1. The van der Waals surface area contributed by atoms with Gasteiger partial charge in [0.15, 0.2) is 0 Å². The quantitative estimate of drug-likeness (QED) is 0.927. The van der Waals surface area contributed by atoms with Crippen LogP contribution in [0.4, 0.5) is 5.13 Å². The Bertz CT molecular complexity index is 629. The minimum absolute atomic E-state index is 0.0132. The molecule has 1 aromatic carbocycles. The van der Waals surface area contributed by atoms with E-state index in [4.69, 9.17) is 10.7 Å². The fourth-order valence-electron chi connectivity index (χ4n) is 2.77. The van der Waals surface area contributed by atoms with E-state index in [1.807, 2.05) is 0 Å². The molecule has 21 heavy (non-hydrogen) atoms. The molecule has 3 rings (SSSR count). The molecule has 4 nitrogen and oxygen atoms in total. The van der Waals surface area contributed by atoms with E-state index < -0.39 is 0 Å². The van der Waals surface area contributed by atoms with Crippen molar-refractivity contribution in [3.05, 3.63) is 41.2 Å². The Balaban J connectivity index is 1.94. The molecule has 0 saturated heterocycles. The Morgan fingerprint density at radius 3 is 2.76 bits per heavy atom. The van der Waals surface area contributed by atoms with Gasteiger partial charge in [-0.05, 0) is 17.5 Å². The summed E-state index contributed by atoms with van der Waals surface area (Å²) in [6, 6.07) is 8.78. The highest BCUT2D eigenvalue weighted by Gasteiger charge is 2.29. The van der Waals surface area contributed by atoms with Crippen LogP contribution in [0.5, 0.6) is 0 Å².